The number of unbranched alkanes of at least 4 members (excludes halogenated alkanes) is 1. The molecular formula is C70H61BN2OS. The van der Waals surface area contributed by atoms with E-state index in [4.69, 9.17) is 4.42 Å². The van der Waals surface area contributed by atoms with Crippen LogP contribution in [0.3, 0.4) is 0 Å². The molecule has 75 heavy (non-hydrogen) atoms. The minimum atomic E-state index is -0.105. The highest BCUT2D eigenvalue weighted by molar-refractivity contribution is 7.26. The van der Waals surface area contributed by atoms with Crippen molar-refractivity contribution in [1.82, 2.24) is 4.48 Å². The van der Waals surface area contributed by atoms with Crippen LogP contribution in [-0.4, -0.2) is 11.3 Å². The average molecular weight is 989 g/mol. The van der Waals surface area contributed by atoms with Gasteiger partial charge in [0.1, 0.15) is 5.58 Å². The van der Waals surface area contributed by atoms with Crippen LogP contribution in [0.5, 0.6) is 0 Å². The summed E-state index contributed by atoms with van der Waals surface area (Å²) in [6.07, 6.45) is 14.9. The maximum Gasteiger partial charge on any atom is 0.334 e. The molecule has 8 aromatic carbocycles. The number of para-hydroxylation sites is 1. The molecule has 2 aliphatic heterocycles. The predicted molar refractivity (Wildman–Crippen MR) is 319 cm³/mol. The van der Waals surface area contributed by atoms with Crippen molar-refractivity contribution in [3.8, 4) is 22.3 Å². The Morgan fingerprint density at radius 1 is 0.667 bits per heavy atom. The van der Waals surface area contributed by atoms with Crippen molar-refractivity contribution in [3.05, 3.63) is 174 Å². The molecule has 11 aromatic rings. The van der Waals surface area contributed by atoms with Crippen molar-refractivity contribution in [1.29, 1.82) is 0 Å². The third-order valence-corrected chi connectivity index (χ3v) is 21.6. The van der Waals surface area contributed by atoms with Crippen molar-refractivity contribution in [2.75, 3.05) is 4.90 Å². The standard InChI is InChI=1S/C70H61BN2OS/c1-5-6-14-41-21-25-59(52(29-41)42-15-8-7-9-16-42)72-66-63-54(36-57-51-19-12-13-20-61(51)74-67(57)66)56-35-50(70(4)37-46-22-23-47(38-70)40(46)2)34-55-53-33-49(69(3)28-27-45-30-48(45)39-69)24-26-60(53)73(65(55)56)71(63)64-58-31-43-17-10-11-18-44(43)32-62(58)75-68(64)72/h7-13,15-21,24-27,29,31-36,40,46-48H,5-6,14,22-23,28,30,37-39H2,1-4H3. The summed E-state index contributed by atoms with van der Waals surface area (Å²) in [5.41, 5.74) is 21.3. The van der Waals surface area contributed by atoms with Crippen molar-refractivity contribution >= 4 is 110 Å². The van der Waals surface area contributed by atoms with E-state index in [1.165, 1.54) is 165 Å². The predicted octanol–water partition coefficient (Wildman–Crippen LogP) is 18.2. The van der Waals surface area contributed by atoms with Gasteiger partial charge in [0.15, 0.2) is 5.58 Å². The van der Waals surface area contributed by atoms with Gasteiger partial charge in [0.05, 0.1) is 16.4 Å². The van der Waals surface area contributed by atoms with E-state index in [0.717, 1.165) is 54.1 Å². The molecule has 2 bridgehead atoms. The molecule has 366 valence electrons. The summed E-state index contributed by atoms with van der Waals surface area (Å²) in [5.74, 6) is 3.14. The number of aromatic nitrogens is 1. The van der Waals surface area contributed by atoms with Crippen LogP contribution in [-0.2, 0) is 17.3 Å². The van der Waals surface area contributed by atoms with Gasteiger partial charge in [-0.2, -0.15) is 0 Å². The van der Waals surface area contributed by atoms with E-state index in [2.05, 4.69) is 189 Å². The zero-order valence-electron chi connectivity index (χ0n) is 43.6. The highest BCUT2D eigenvalue weighted by atomic mass is 32.1. The van der Waals surface area contributed by atoms with E-state index < -0.39 is 0 Å². The second kappa shape index (κ2) is 15.4. The molecule has 3 nitrogen and oxygen atoms in total. The first-order chi connectivity index (χ1) is 36.7. The third kappa shape index (κ3) is 6.05. The van der Waals surface area contributed by atoms with Crippen LogP contribution in [0.2, 0.25) is 0 Å². The molecule has 0 amide bonds. The van der Waals surface area contributed by atoms with Crippen LogP contribution >= 0.6 is 11.3 Å². The van der Waals surface area contributed by atoms with Crippen LogP contribution in [0.15, 0.2) is 162 Å². The number of aryl methyl sites for hydroxylation is 1. The lowest BCUT2D eigenvalue weighted by Crippen LogP contribution is -2.56. The SMILES string of the molecule is CCCCc1ccc(N2c3sc4cc5ccccc5cc4c3B3c4c(cc5c(oc6ccccc65)c42)-c2cc(C4(C)CC5CCC(C4)C5C)cc4c5cc(C6(C)CC=C7CC7C6)ccc5n3c24)c(-c2ccccc2)c1. The lowest BCUT2D eigenvalue weighted by atomic mass is 9.45. The minimum absolute atomic E-state index is 0.0921. The monoisotopic (exact) mass is 988 g/mol. The zero-order chi connectivity index (χ0) is 49.6. The summed E-state index contributed by atoms with van der Waals surface area (Å²) in [6.45, 7) is 9.96. The molecule has 3 saturated carbocycles. The van der Waals surface area contributed by atoms with Crippen LogP contribution < -0.4 is 15.8 Å². The fourth-order valence-electron chi connectivity index (χ4n) is 16.4. The maximum absolute atomic E-state index is 7.41. The molecule has 0 spiro atoms. The fourth-order valence-corrected chi connectivity index (χ4v) is 17.6. The van der Waals surface area contributed by atoms with Crippen LogP contribution in [0.25, 0.3) is 86.9 Å². The summed E-state index contributed by atoms with van der Waals surface area (Å²) < 4.78 is 11.6. The number of fused-ring (bicyclic) bond motifs is 17. The maximum atomic E-state index is 7.41. The first-order valence-electron chi connectivity index (χ1n) is 28.5. The molecule has 0 N–H and O–H groups in total. The number of furan rings is 1. The topological polar surface area (TPSA) is 21.3 Å². The van der Waals surface area contributed by atoms with Gasteiger partial charge in [0.25, 0.3) is 0 Å². The number of rotatable bonds is 7. The van der Waals surface area contributed by atoms with E-state index in [1.54, 1.807) is 5.57 Å². The van der Waals surface area contributed by atoms with Crippen molar-refractivity contribution in [2.24, 2.45) is 23.7 Å². The Hall–Kier alpha value is -6.82. The summed E-state index contributed by atoms with van der Waals surface area (Å²) in [5, 5.41) is 10.4. The van der Waals surface area contributed by atoms with Crippen LogP contribution in [0.4, 0.5) is 16.4 Å². The highest BCUT2D eigenvalue weighted by Gasteiger charge is 2.50. The highest BCUT2D eigenvalue weighted by Crippen LogP contribution is 2.59. The summed E-state index contributed by atoms with van der Waals surface area (Å²) in [4.78, 5) is 2.69. The van der Waals surface area contributed by atoms with Gasteiger partial charge in [-0.1, -0.05) is 131 Å². The van der Waals surface area contributed by atoms with E-state index in [1.807, 2.05) is 11.3 Å². The third-order valence-electron chi connectivity index (χ3n) is 20.5. The first kappa shape index (κ1) is 43.4. The Balaban J connectivity index is 1.03. The number of allylic oxidation sites excluding steroid dienone is 2. The molecule has 17 rings (SSSR count). The Bertz CT molecular complexity index is 4310. The van der Waals surface area contributed by atoms with E-state index in [9.17, 15) is 0 Å². The van der Waals surface area contributed by atoms with Crippen LogP contribution in [0, 0.1) is 23.7 Å². The second-order valence-corrected chi connectivity index (χ2v) is 25.9. The van der Waals surface area contributed by atoms with Gasteiger partial charge in [0.2, 0.25) is 0 Å². The Kier molecular flexibility index (Phi) is 8.92. The first-order valence-corrected chi connectivity index (χ1v) is 29.3. The molecule has 3 aromatic heterocycles. The van der Waals surface area contributed by atoms with Gasteiger partial charge in [-0.25, -0.2) is 0 Å². The zero-order valence-corrected chi connectivity index (χ0v) is 44.4. The quantitative estimate of drug-likeness (QED) is 0.117. The fraction of sp³-hybridized carbons (Fsp3) is 0.286. The number of nitrogens with zero attached hydrogens (tertiary/aromatic N) is 2. The summed E-state index contributed by atoms with van der Waals surface area (Å²) in [7, 11) is 0. The van der Waals surface area contributed by atoms with Gasteiger partial charge in [0, 0.05) is 48.4 Å². The van der Waals surface area contributed by atoms with Crippen molar-refractivity contribution in [3.63, 3.8) is 0 Å². The minimum Gasteiger partial charge on any atom is -0.454 e. The molecule has 4 unspecified atom stereocenters. The van der Waals surface area contributed by atoms with Gasteiger partial charge in [-0.3, -0.25) is 4.90 Å². The number of hydrogen-bond acceptors (Lipinski definition) is 3. The van der Waals surface area contributed by atoms with Gasteiger partial charge in [-0.15, -0.1) is 11.3 Å². The van der Waals surface area contributed by atoms with Crippen molar-refractivity contribution < 1.29 is 4.42 Å². The molecule has 6 aliphatic rings. The lowest BCUT2D eigenvalue weighted by Gasteiger charge is -2.43. The molecule has 3 fully saturated rings. The largest absolute Gasteiger partial charge is 0.454 e. The van der Waals surface area contributed by atoms with Gasteiger partial charge in [-0.05, 0) is 208 Å². The Labute approximate surface area is 444 Å². The van der Waals surface area contributed by atoms with Crippen molar-refractivity contribution in [2.45, 2.75) is 103 Å². The summed E-state index contributed by atoms with van der Waals surface area (Å²) in [6, 6.07) is 57.2. The Morgan fingerprint density at radius 3 is 2.28 bits per heavy atom. The Morgan fingerprint density at radius 2 is 1.45 bits per heavy atom. The molecule has 5 heterocycles. The molecule has 5 heteroatoms. The normalized spacial score (nSPS) is 24.2. The van der Waals surface area contributed by atoms with Gasteiger partial charge >= 0.3 is 6.85 Å². The number of anilines is 3. The number of hydrogen-bond donors (Lipinski definition) is 0. The molecule has 4 aliphatic carbocycles. The lowest BCUT2D eigenvalue weighted by molar-refractivity contribution is 0.162. The van der Waals surface area contributed by atoms with E-state index in [0.29, 0.717) is 0 Å². The van der Waals surface area contributed by atoms with Crippen LogP contribution in [0.1, 0.15) is 102 Å². The second-order valence-electron chi connectivity index (χ2n) is 24.8. The molecule has 0 saturated heterocycles. The summed E-state index contributed by atoms with van der Waals surface area (Å²) >= 11 is 1.96. The number of benzene rings is 8. The smallest absolute Gasteiger partial charge is 0.334 e. The van der Waals surface area contributed by atoms with E-state index in [-0.39, 0.29) is 17.7 Å². The average Bonchev–Trinajstić information content (AvgIpc) is 3.81. The molecular weight excluding hydrogens is 928 g/mol. The number of thiophene rings is 1. The van der Waals surface area contributed by atoms with E-state index >= 15 is 0 Å². The molecule has 0 radical (unpaired) electrons. The van der Waals surface area contributed by atoms with Gasteiger partial charge < -0.3 is 8.90 Å². The molecule has 4 atom stereocenters.